The van der Waals surface area contributed by atoms with Crippen molar-refractivity contribution in [2.75, 3.05) is 32.1 Å². The number of quaternary nitrogens is 1. The van der Waals surface area contributed by atoms with Crippen molar-refractivity contribution >= 4 is 17.5 Å². The normalized spacial score (nSPS) is 16.8. The van der Waals surface area contributed by atoms with Gasteiger partial charge < -0.3 is 9.80 Å². The van der Waals surface area contributed by atoms with Gasteiger partial charge in [-0.15, -0.1) is 11.6 Å². The Bertz CT molecular complexity index is 635. The molecule has 132 valence electrons. The molecule has 1 aliphatic heterocycles. The summed E-state index contributed by atoms with van der Waals surface area (Å²) in [7, 11) is 0. The molecule has 2 aromatic carbocycles. The molecule has 0 bridgehead atoms. The first-order valence-electron chi connectivity index (χ1n) is 8.64. The second kappa shape index (κ2) is 8.45. The first-order chi connectivity index (χ1) is 12.2. The Kier molecular flexibility index (Phi) is 6.05. The van der Waals surface area contributed by atoms with E-state index in [0.717, 1.165) is 13.1 Å². The van der Waals surface area contributed by atoms with Crippen molar-refractivity contribution < 1.29 is 14.1 Å². The lowest BCUT2D eigenvalue weighted by atomic mass is 9.96. The third-order valence-electron chi connectivity index (χ3n) is 4.79. The molecule has 1 saturated heterocycles. The molecule has 0 aromatic heterocycles. The van der Waals surface area contributed by atoms with Gasteiger partial charge in [0.1, 0.15) is 6.04 Å². The Balaban J connectivity index is 1.77. The van der Waals surface area contributed by atoms with Gasteiger partial charge >= 0.3 is 0 Å². The van der Waals surface area contributed by atoms with Gasteiger partial charge in [0.25, 0.3) is 5.91 Å². The van der Waals surface area contributed by atoms with Crippen LogP contribution < -0.4 is 4.90 Å². The van der Waals surface area contributed by atoms with Gasteiger partial charge in [0.05, 0.1) is 32.1 Å². The standard InChI is InChI=1S/C20H22ClFN2O/c21-15-18(22)20(25)24-13-11-23(12-14-24)19(16-7-3-1-4-8-16)17-9-5-2-6-10-17/h1-10,18-19H,11-15H2/p+1/t18-/m1/s1. The van der Waals surface area contributed by atoms with Gasteiger partial charge in [0.15, 0.2) is 6.17 Å². The average Bonchev–Trinajstić information content (AvgIpc) is 2.69. The van der Waals surface area contributed by atoms with Crippen LogP contribution in [0.4, 0.5) is 4.39 Å². The fourth-order valence-corrected chi connectivity index (χ4v) is 3.65. The van der Waals surface area contributed by atoms with E-state index >= 15 is 0 Å². The number of amides is 1. The van der Waals surface area contributed by atoms with Gasteiger partial charge in [0, 0.05) is 11.1 Å². The van der Waals surface area contributed by atoms with Crippen LogP contribution in [0.5, 0.6) is 0 Å². The number of piperazine rings is 1. The van der Waals surface area contributed by atoms with Crippen LogP contribution in [0.15, 0.2) is 60.7 Å². The van der Waals surface area contributed by atoms with Crippen LogP contribution in [0, 0.1) is 0 Å². The molecule has 1 amide bonds. The number of nitrogens with zero attached hydrogens (tertiary/aromatic N) is 1. The highest BCUT2D eigenvalue weighted by Crippen LogP contribution is 2.19. The van der Waals surface area contributed by atoms with E-state index in [1.165, 1.54) is 16.0 Å². The number of hydrogen-bond acceptors (Lipinski definition) is 1. The van der Waals surface area contributed by atoms with E-state index in [-0.39, 0.29) is 11.9 Å². The van der Waals surface area contributed by atoms with Gasteiger partial charge in [-0.2, -0.15) is 0 Å². The smallest absolute Gasteiger partial charge is 0.258 e. The number of hydrogen-bond donors (Lipinski definition) is 1. The van der Waals surface area contributed by atoms with E-state index < -0.39 is 12.1 Å². The van der Waals surface area contributed by atoms with Crippen molar-refractivity contribution in [3.8, 4) is 0 Å². The second-order valence-corrected chi connectivity index (χ2v) is 6.67. The van der Waals surface area contributed by atoms with Crippen LogP contribution in [-0.4, -0.2) is 49.0 Å². The summed E-state index contributed by atoms with van der Waals surface area (Å²) in [6.07, 6.45) is -1.60. The Morgan fingerprint density at radius 3 is 1.92 bits per heavy atom. The summed E-state index contributed by atoms with van der Waals surface area (Å²) in [4.78, 5) is 15.0. The summed E-state index contributed by atoms with van der Waals surface area (Å²) in [6.45, 7) is 2.69. The molecule has 1 N–H and O–H groups in total. The number of benzene rings is 2. The predicted octanol–water partition coefficient (Wildman–Crippen LogP) is 2.08. The summed E-state index contributed by atoms with van der Waals surface area (Å²) >= 11 is 5.48. The topological polar surface area (TPSA) is 24.8 Å². The molecule has 1 aliphatic rings. The van der Waals surface area contributed by atoms with Gasteiger partial charge in [-0.05, 0) is 0 Å². The van der Waals surface area contributed by atoms with Crippen LogP contribution in [0.3, 0.4) is 0 Å². The van der Waals surface area contributed by atoms with Crippen LogP contribution >= 0.6 is 11.6 Å². The van der Waals surface area contributed by atoms with Gasteiger partial charge in [0.2, 0.25) is 0 Å². The van der Waals surface area contributed by atoms with Crippen LogP contribution in [0.1, 0.15) is 17.2 Å². The molecule has 0 saturated carbocycles. The molecular formula is C20H23ClFN2O+. The lowest BCUT2D eigenvalue weighted by Gasteiger charge is -2.37. The molecule has 0 spiro atoms. The molecule has 0 radical (unpaired) electrons. The van der Waals surface area contributed by atoms with Crippen molar-refractivity contribution in [1.82, 2.24) is 4.90 Å². The second-order valence-electron chi connectivity index (χ2n) is 6.36. The summed E-state index contributed by atoms with van der Waals surface area (Å²) in [6, 6.07) is 21.1. The third-order valence-corrected chi connectivity index (χ3v) is 5.07. The number of rotatable bonds is 5. The molecule has 0 unspecified atom stereocenters. The van der Waals surface area contributed by atoms with Crippen molar-refractivity contribution in [2.24, 2.45) is 0 Å². The minimum absolute atomic E-state index is 0.217. The Hall–Kier alpha value is -1.91. The first kappa shape index (κ1) is 17.9. The number of alkyl halides is 2. The summed E-state index contributed by atoms with van der Waals surface area (Å²) in [5.41, 5.74) is 2.51. The largest absolute Gasteiger partial charge is 0.329 e. The van der Waals surface area contributed by atoms with Crippen molar-refractivity contribution in [2.45, 2.75) is 12.2 Å². The van der Waals surface area contributed by atoms with E-state index in [2.05, 4.69) is 48.5 Å². The molecule has 3 rings (SSSR count). The van der Waals surface area contributed by atoms with E-state index in [4.69, 9.17) is 11.6 Å². The van der Waals surface area contributed by atoms with Crippen molar-refractivity contribution in [1.29, 1.82) is 0 Å². The van der Waals surface area contributed by atoms with E-state index in [1.54, 1.807) is 4.90 Å². The summed E-state index contributed by atoms with van der Waals surface area (Å²) in [5, 5.41) is 0. The zero-order valence-electron chi connectivity index (χ0n) is 14.1. The third kappa shape index (κ3) is 4.20. The zero-order chi connectivity index (χ0) is 17.6. The maximum Gasteiger partial charge on any atom is 0.258 e. The van der Waals surface area contributed by atoms with Crippen LogP contribution in [-0.2, 0) is 4.79 Å². The molecule has 2 aromatic rings. The molecule has 1 fully saturated rings. The maximum atomic E-state index is 13.6. The molecular weight excluding hydrogens is 339 g/mol. The first-order valence-corrected chi connectivity index (χ1v) is 9.17. The van der Waals surface area contributed by atoms with Gasteiger partial charge in [-0.3, -0.25) is 4.79 Å². The van der Waals surface area contributed by atoms with E-state index in [1.807, 2.05) is 12.1 Å². The molecule has 1 heterocycles. The predicted molar refractivity (Wildman–Crippen MR) is 97.6 cm³/mol. The highest BCUT2D eigenvalue weighted by atomic mass is 35.5. The Labute approximate surface area is 153 Å². The average molecular weight is 362 g/mol. The van der Waals surface area contributed by atoms with Crippen LogP contribution in [0.25, 0.3) is 0 Å². The number of carbonyl (C=O) groups excluding carboxylic acids is 1. The molecule has 0 aliphatic carbocycles. The fraction of sp³-hybridized carbons (Fsp3) is 0.350. The van der Waals surface area contributed by atoms with Gasteiger partial charge in [-0.1, -0.05) is 60.7 Å². The minimum atomic E-state index is -1.60. The SMILES string of the molecule is O=C([C@H](F)CCl)N1CC[NH+](C(c2ccccc2)c2ccccc2)CC1. The lowest BCUT2D eigenvalue weighted by Crippen LogP contribution is -3.15. The summed E-state index contributed by atoms with van der Waals surface area (Å²) in [5.74, 6) is -0.757. The van der Waals surface area contributed by atoms with E-state index in [9.17, 15) is 9.18 Å². The Morgan fingerprint density at radius 2 is 1.48 bits per heavy atom. The van der Waals surface area contributed by atoms with Crippen molar-refractivity contribution in [3.05, 3.63) is 71.8 Å². The summed E-state index contributed by atoms with van der Waals surface area (Å²) < 4.78 is 13.6. The number of carbonyl (C=O) groups is 1. The van der Waals surface area contributed by atoms with E-state index in [0.29, 0.717) is 13.1 Å². The highest BCUT2D eigenvalue weighted by Gasteiger charge is 2.33. The minimum Gasteiger partial charge on any atom is -0.329 e. The zero-order valence-corrected chi connectivity index (χ0v) is 14.8. The number of nitrogens with one attached hydrogen (secondary N) is 1. The van der Waals surface area contributed by atoms with Gasteiger partial charge in [-0.25, -0.2) is 4.39 Å². The monoisotopic (exact) mass is 361 g/mol. The highest BCUT2D eigenvalue weighted by molar-refractivity contribution is 6.19. The molecule has 1 atom stereocenters. The Morgan fingerprint density at radius 1 is 1.00 bits per heavy atom. The van der Waals surface area contributed by atoms with Crippen LogP contribution in [0.2, 0.25) is 0 Å². The number of halogens is 2. The molecule has 25 heavy (non-hydrogen) atoms. The fourth-order valence-electron chi connectivity index (χ4n) is 3.52. The quantitative estimate of drug-likeness (QED) is 0.810. The molecule has 3 nitrogen and oxygen atoms in total. The lowest BCUT2D eigenvalue weighted by molar-refractivity contribution is -0.929. The van der Waals surface area contributed by atoms with Crippen molar-refractivity contribution in [3.63, 3.8) is 0 Å². The molecule has 5 heteroatoms. The maximum absolute atomic E-state index is 13.6.